The lowest BCUT2D eigenvalue weighted by Crippen LogP contribution is -2.59. The van der Waals surface area contributed by atoms with Crippen LogP contribution >= 0.6 is 0 Å². The van der Waals surface area contributed by atoms with Crippen molar-refractivity contribution in [3.05, 3.63) is 17.0 Å². The van der Waals surface area contributed by atoms with Crippen LogP contribution in [0.25, 0.3) is 0 Å². The monoisotopic (exact) mass is 434 g/mol. The Hall–Kier alpha value is -2.95. The summed E-state index contributed by atoms with van der Waals surface area (Å²) >= 11 is 0. The van der Waals surface area contributed by atoms with Crippen LogP contribution in [0, 0.1) is 6.92 Å². The zero-order valence-electron chi connectivity index (χ0n) is 18.1. The number of nitrogens with one attached hydrogen (secondary N) is 3. The molecule has 31 heavy (non-hydrogen) atoms. The molecule has 2 aliphatic rings. The van der Waals surface area contributed by atoms with E-state index < -0.39 is 35.2 Å². The normalized spacial score (nSPS) is 23.1. The fraction of sp³-hybridized carbons (Fsp3) is 0.650. The summed E-state index contributed by atoms with van der Waals surface area (Å²) in [5, 5.41) is 12.0. The highest BCUT2D eigenvalue weighted by molar-refractivity contribution is 5.97. The maximum atomic E-state index is 13.2. The summed E-state index contributed by atoms with van der Waals surface area (Å²) in [6.45, 7) is 7.19. The third-order valence-electron chi connectivity index (χ3n) is 6.04. The van der Waals surface area contributed by atoms with Gasteiger partial charge in [0.2, 0.25) is 17.7 Å². The van der Waals surface area contributed by atoms with E-state index in [1.54, 1.807) is 6.92 Å². The smallest absolute Gasteiger partial charge is 0.257 e. The second-order valence-electron chi connectivity index (χ2n) is 8.61. The van der Waals surface area contributed by atoms with Gasteiger partial charge >= 0.3 is 0 Å². The van der Waals surface area contributed by atoms with E-state index in [0.29, 0.717) is 37.7 Å². The van der Waals surface area contributed by atoms with E-state index in [4.69, 9.17) is 10.3 Å². The number of hydrogen-bond acceptors (Lipinski definition) is 7. The zero-order chi connectivity index (χ0) is 22.8. The van der Waals surface area contributed by atoms with Gasteiger partial charge in [-0.3, -0.25) is 19.2 Å². The molecule has 170 valence electrons. The van der Waals surface area contributed by atoms with Crippen LogP contribution in [0.5, 0.6) is 0 Å². The number of piperidine rings is 1. The van der Waals surface area contributed by atoms with E-state index in [1.165, 1.54) is 0 Å². The summed E-state index contributed by atoms with van der Waals surface area (Å²) < 4.78 is 5.25. The molecule has 0 radical (unpaired) electrons. The number of nitrogens with zero attached hydrogens (tertiary/aromatic N) is 2. The maximum Gasteiger partial charge on any atom is 0.257 e. The van der Waals surface area contributed by atoms with Gasteiger partial charge in [-0.25, -0.2) is 0 Å². The molecular weight excluding hydrogens is 404 g/mol. The van der Waals surface area contributed by atoms with Gasteiger partial charge in [0, 0.05) is 25.6 Å². The Bertz CT molecular complexity index is 871. The Morgan fingerprint density at radius 3 is 2.52 bits per heavy atom. The fourth-order valence-corrected chi connectivity index (χ4v) is 4.16. The first-order valence-electron chi connectivity index (χ1n) is 10.5. The molecule has 1 saturated heterocycles. The Labute approximate surface area is 180 Å². The summed E-state index contributed by atoms with van der Waals surface area (Å²) in [5.41, 5.74) is 5.23. The van der Waals surface area contributed by atoms with Crippen LogP contribution < -0.4 is 21.7 Å². The molecule has 3 heterocycles. The van der Waals surface area contributed by atoms with Crippen molar-refractivity contribution in [3.63, 3.8) is 0 Å². The molecule has 1 aromatic rings. The minimum Gasteiger partial charge on any atom is -0.368 e. The number of fused-ring (bicyclic) bond motifs is 1. The van der Waals surface area contributed by atoms with Crippen molar-refractivity contribution in [2.75, 3.05) is 13.1 Å². The van der Waals surface area contributed by atoms with Crippen LogP contribution in [0.1, 0.15) is 61.3 Å². The maximum absolute atomic E-state index is 13.2. The van der Waals surface area contributed by atoms with Crippen LogP contribution in [0.2, 0.25) is 0 Å². The lowest BCUT2D eigenvalue weighted by atomic mass is 9.83. The Kier molecular flexibility index (Phi) is 6.63. The van der Waals surface area contributed by atoms with Crippen LogP contribution in [0.3, 0.4) is 0 Å². The minimum absolute atomic E-state index is 0.0320. The van der Waals surface area contributed by atoms with Gasteiger partial charge in [0.05, 0.1) is 24.2 Å². The number of aromatic nitrogens is 1. The molecule has 5 N–H and O–H groups in total. The van der Waals surface area contributed by atoms with Crippen molar-refractivity contribution in [2.24, 2.45) is 5.73 Å². The first-order valence-corrected chi connectivity index (χ1v) is 10.5. The summed E-state index contributed by atoms with van der Waals surface area (Å²) in [4.78, 5) is 52.3. The fourth-order valence-electron chi connectivity index (χ4n) is 4.16. The summed E-state index contributed by atoms with van der Waals surface area (Å²) in [7, 11) is 0. The summed E-state index contributed by atoms with van der Waals surface area (Å²) in [6, 6.07) is -0.799. The van der Waals surface area contributed by atoms with Crippen molar-refractivity contribution in [1.82, 2.24) is 26.0 Å². The van der Waals surface area contributed by atoms with E-state index in [9.17, 15) is 19.2 Å². The zero-order valence-corrected chi connectivity index (χ0v) is 18.1. The molecule has 0 saturated carbocycles. The SMILES string of the molecule is Cc1noc2c1C(=O)NC1(CCN(C(C)C)CC1)CC(=O)N[C@H](C(N)=O)CC(=O)NC2. The van der Waals surface area contributed by atoms with Gasteiger partial charge in [0.25, 0.3) is 5.91 Å². The number of carbonyl (C=O) groups excluding carboxylic acids is 4. The van der Waals surface area contributed by atoms with E-state index in [0.717, 1.165) is 0 Å². The summed E-state index contributed by atoms with van der Waals surface area (Å²) in [6.07, 6.45) is 0.777. The first kappa shape index (κ1) is 22.7. The predicted molar refractivity (Wildman–Crippen MR) is 110 cm³/mol. The highest BCUT2D eigenvalue weighted by Crippen LogP contribution is 2.28. The van der Waals surface area contributed by atoms with Crippen molar-refractivity contribution in [2.45, 2.75) is 70.6 Å². The quantitative estimate of drug-likeness (QED) is 0.480. The van der Waals surface area contributed by atoms with Crippen LogP contribution in [-0.4, -0.2) is 64.4 Å². The van der Waals surface area contributed by atoms with Crippen molar-refractivity contribution in [3.8, 4) is 0 Å². The van der Waals surface area contributed by atoms with Gasteiger partial charge in [-0.1, -0.05) is 5.16 Å². The van der Waals surface area contributed by atoms with E-state index in [2.05, 4.69) is 39.9 Å². The molecule has 0 unspecified atom stereocenters. The van der Waals surface area contributed by atoms with Gasteiger partial charge in [0.1, 0.15) is 11.6 Å². The molecule has 1 fully saturated rings. The third kappa shape index (κ3) is 5.22. The molecule has 2 aliphatic heterocycles. The number of carbonyl (C=O) groups is 4. The highest BCUT2D eigenvalue weighted by Gasteiger charge is 2.40. The van der Waals surface area contributed by atoms with Crippen LogP contribution in [0.15, 0.2) is 4.52 Å². The predicted octanol–water partition coefficient (Wildman–Crippen LogP) is -0.664. The second kappa shape index (κ2) is 9.04. The lowest BCUT2D eigenvalue weighted by Gasteiger charge is -2.43. The Balaban J connectivity index is 1.94. The topological polar surface area (TPSA) is 160 Å². The van der Waals surface area contributed by atoms with Gasteiger partial charge in [-0.05, 0) is 33.6 Å². The molecule has 1 atom stereocenters. The Morgan fingerprint density at radius 2 is 1.90 bits per heavy atom. The second-order valence-corrected chi connectivity index (χ2v) is 8.61. The van der Waals surface area contributed by atoms with E-state index >= 15 is 0 Å². The molecule has 11 heteroatoms. The number of amides is 4. The number of rotatable bonds is 2. The molecule has 0 aliphatic carbocycles. The van der Waals surface area contributed by atoms with Gasteiger partial charge in [0.15, 0.2) is 5.76 Å². The molecular formula is C20H30N6O5. The third-order valence-corrected chi connectivity index (χ3v) is 6.04. The Morgan fingerprint density at radius 1 is 1.23 bits per heavy atom. The number of primary amides is 1. The first-order chi connectivity index (χ1) is 14.6. The molecule has 11 nitrogen and oxygen atoms in total. The minimum atomic E-state index is -1.15. The molecule has 0 bridgehead atoms. The molecule has 0 aromatic carbocycles. The van der Waals surface area contributed by atoms with Crippen LogP contribution in [-0.2, 0) is 20.9 Å². The van der Waals surface area contributed by atoms with Crippen molar-refractivity contribution in [1.29, 1.82) is 0 Å². The standard InChI is InChI=1S/C20H30N6O5/c1-11(2)26-6-4-20(5-7-26)9-16(28)23-13(18(21)29)8-15(27)22-10-14-17(19(30)24-20)12(3)25-31-14/h11,13H,4-10H2,1-3H3,(H2,21,29)(H,22,27)(H,23,28)(H,24,30)/t13-/m0/s1. The van der Waals surface area contributed by atoms with Crippen molar-refractivity contribution < 1.29 is 23.7 Å². The summed E-state index contributed by atoms with van der Waals surface area (Å²) in [5.74, 6) is -1.95. The van der Waals surface area contributed by atoms with Crippen molar-refractivity contribution >= 4 is 23.6 Å². The van der Waals surface area contributed by atoms with Gasteiger partial charge < -0.3 is 31.1 Å². The average molecular weight is 434 g/mol. The largest absolute Gasteiger partial charge is 0.368 e. The number of aryl methyl sites for hydroxylation is 1. The number of nitrogens with two attached hydrogens (primary N) is 1. The number of likely N-dealkylation sites (tertiary alicyclic amines) is 1. The molecule has 1 aromatic heterocycles. The van der Waals surface area contributed by atoms with E-state index in [-0.39, 0.29) is 30.7 Å². The highest BCUT2D eigenvalue weighted by atomic mass is 16.5. The average Bonchev–Trinajstić information content (AvgIpc) is 3.06. The molecule has 4 amide bonds. The number of hydrogen-bond donors (Lipinski definition) is 4. The molecule has 1 spiro atoms. The molecule has 3 rings (SSSR count). The van der Waals surface area contributed by atoms with Crippen LogP contribution in [0.4, 0.5) is 0 Å². The van der Waals surface area contributed by atoms with Gasteiger partial charge in [-0.15, -0.1) is 0 Å². The van der Waals surface area contributed by atoms with Gasteiger partial charge in [-0.2, -0.15) is 0 Å². The van der Waals surface area contributed by atoms with E-state index in [1.807, 2.05) is 0 Å². The lowest BCUT2D eigenvalue weighted by molar-refractivity contribution is -0.131.